The van der Waals surface area contributed by atoms with E-state index in [-0.39, 0.29) is 11.7 Å². The molecule has 11 heteroatoms. The number of fused-ring (bicyclic) bond motifs is 1. The number of aromatic nitrogens is 5. The van der Waals surface area contributed by atoms with Crippen molar-refractivity contribution in [2.75, 3.05) is 24.8 Å². The maximum absolute atomic E-state index is 12.4. The molecule has 0 aliphatic heterocycles. The summed E-state index contributed by atoms with van der Waals surface area (Å²) in [5, 5.41) is 11.7. The maximum Gasteiger partial charge on any atom is 0.338 e. The molecule has 0 aliphatic rings. The van der Waals surface area contributed by atoms with Crippen molar-refractivity contribution in [3.63, 3.8) is 0 Å². The average molecular weight is 465 g/mol. The van der Waals surface area contributed by atoms with Gasteiger partial charge in [0.15, 0.2) is 11.2 Å². The van der Waals surface area contributed by atoms with Gasteiger partial charge in [-0.15, -0.1) is 5.10 Å². The van der Waals surface area contributed by atoms with Crippen LogP contribution in [-0.2, 0) is 9.53 Å². The number of hydrogen-bond donors (Lipinski definition) is 1. The van der Waals surface area contributed by atoms with E-state index in [1.807, 2.05) is 24.3 Å². The average Bonchev–Trinajstić information content (AvgIpc) is 3.28. The van der Waals surface area contributed by atoms with E-state index in [2.05, 4.69) is 25.6 Å². The van der Waals surface area contributed by atoms with Gasteiger partial charge in [0.2, 0.25) is 5.91 Å². The predicted octanol–water partition coefficient (Wildman–Crippen LogP) is 3.13. The number of thioether (sulfide) groups is 1. The van der Waals surface area contributed by atoms with Gasteiger partial charge in [-0.25, -0.2) is 14.8 Å². The SMILES string of the molecule is CCOC(=O)c1ccc(NC(=O)CSc2ncnc3c2nnn3-c2ccc(OC)cc2)cc1. The standard InChI is InChI=1S/C22H20N6O4S/c1-3-32-22(30)14-4-6-15(7-5-14)25-18(29)12-33-21-19-20(23-13-24-21)28(27-26-19)16-8-10-17(31-2)11-9-16/h4-11,13H,3,12H2,1-2H3,(H,25,29). The minimum absolute atomic E-state index is 0.112. The van der Waals surface area contributed by atoms with E-state index in [1.54, 1.807) is 43.0 Å². The molecule has 2 heterocycles. The lowest BCUT2D eigenvalue weighted by molar-refractivity contribution is -0.113. The molecule has 0 aliphatic carbocycles. The lowest BCUT2D eigenvalue weighted by Gasteiger charge is -2.07. The molecule has 0 bridgehead atoms. The molecule has 168 valence electrons. The Kier molecular flexibility index (Phi) is 6.79. The Morgan fingerprint density at radius 2 is 1.82 bits per heavy atom. The van der Waals surface area contributed by atoms with Crippen molar-refractivity contribution in [2.24, 2.45) is 0 Å². The van der Waals surface area contributed by atoms with Crippen molar-refractivity contribution in [1.82, 2.24) is 25.0 Å². The molecule has 1 N–H and O–H groups in total. The normalized spacial score (nSPS) is 10.7. The van der Waals surface area contributed by atoms with Gasteiger partial charge in [-0.05, 0) is 55.5 Å². The van der Waals surface area contributed by atoms with Crippen molar-refractivity contribution < 1.29 is 19.1 Å². The summed E-state index contributed by atoms with van der Waals surface area (Å²) in [5.74, 6) is 0.219. The smallest absolute Gasteiger partial charge is 0.338 e. The van der Waals surface area contributed by atoms with Crippen LogP contribution < -0.4 is 10.1 Å². The Morgan fingerprint density at radius 3 is 2.52 bits per heavy atom. The number of benzene rings is 2. The fraction of sp³-hybridized carbons (Fsp3) is 0.182. The van der Waals surface area contributed by atoms with Crippen molar-refractivity contribution in [1.29, 1.82) is 0 Å². The zero-order chi connectivity index (χ0) is 23.2. The molecule has 0 atom stereocenters. The van der Waals surface area contributed by atoms with Gasteiger partial charge < -0.3 is 14.8 Å². The van der Waals surface area contributed by atoms with Crippen molar-refractivity contribution in [2.45, 2.75) is 11.9 Å². The Morgan fingerprint density at radius 1 is 1.06 bits per heavy atom. The first-order valence-corrected chi connectivity index (χ1v) is 11.0. The summed E-state index contributed by atoms with van der Waals surface area (Å²) in [4.78, 5) is 32.7. The third-order valence-corrected chi connectivity index (χ3v) is 5.52. The number of carbonyl (C=O) groups excluding carboxylic acids is 2. The number of rotatable bonds is 8. The van der Waals surface area contributed by atoms with Crippen molar-refractivity contribution >= 4 is 40.5 Å². The van der Waals surface area contributed by atoms with Gasteiger partial charge in [0.05, 0.1) is 30.7 Å². The summed E-state index contributed by atoms with van der Waals surface area (Å²) in [6.45, 7) is 2.05. The summed E-state index contributed by atoms with van der Waals surface area (Å²) in [6, 6.07) is 13.9. The number of anilines is 1. The third kappa shape index (κ3) is 5.09. The van der Waals surface area contributed by atoms with Gasteiger partial charge in [0.25, 0.3) is 0 Å². The molecule has 2 aromatic carbocycles. The molecule has 4 rings (SSSR count). The van der Waals surface area contributed by atoms with Gasteiger partial charge in [-0.3, -0.25) is 4.79 Å². The van der Waals surface area contributed by atoms with Crippen LogP contribution in [0.3, 0.4) is 0 Å². The monoisotopic (exact) mass is 464 g/mol. The van der Waals surface area contributed by atoms with Crippen LogP contribution in [0.1, 0.15) is 17.3 Å². The zero-order valence-electron chi connectivity index (χ0n) is 17.9. The number of hydrogen-bond acceptors (Lipinski definition) is 9. The number of nitrogens with zero attached hydrogens (tertiary/aromatic N) is 5. The summed E-state index contributed by atoms with van der Waals surface area (Å²) in [7, 11) is 1.60. The Labute approximate surface area is 193 Å². The third-order valence-electron chi connectivity index (χ3n) is 4.54. The summed E-state index contributed by atoms with van der Waals surface area (Å²) >= 11 is 1.23. The van der Waals surface area contributed by atoms with Gasteiger partial charge in [-0.1, -0.05) is 17.0 Å². The highest BCUT2D eigenvalue weighted by atomic mass is 32.2. The summed E-state index contributed by atoms with van der Waals surface area (Å²) in [6.07, 6.45) is 1.42. The molecule has 0 unspecified atom stereocenters. The van der Waals surface area contributed by atoms with E-state index < -0.39 is 5.97 Å². The van der Waals surface area contributed by atoms with Gasteiger partial charge in [-0.2, -0.15) is 4.68 Å². The highest BCUT2D eigenvalue weighted by molar-refractivity contribution is 8.00. The van der Waals surface area contributed by atoms with Crippen molar-refractivity contribution in [3.8, 4) is 11.4 Å². The van der Waals surface area contributed by atoms with Crippen LogP contribution in [-0.4, -0.2) is 56.3 Å². The van der Waals surface area contributed by atoms with E-state index in [4.69, 9.17) is 9.47 Å². The fourth-order valence-corrected chi connectivity index (χ4v) is 3.70. The minimum Gasteiger partial charge on any atom is -0.497 e. The topological polar surface area (TPSA) is 121 Å². The van der Waals surface area contributed by atoms with Crippen LogP contribution in [0.4, 0.5) is 5.69 Å². The molecule has 1 amide bonds. The fourth-order valence-electron chi connectivity index (χ4n) is 2.97. The lowest BCUT2D eigenvalue weighted by atomic mass is 10.2. The molecule has 2 aromatic heterocycles. The van der Waals surface area contributed by atoms with Gasteiger partial charge in [0.1, 0.15) is 17.1 Å². The second-order valence-electron chi connectivity index (χ2n) is 6.68. The lowest BCUT2D eigenvalue weighted by Crippen LogP contribution is -2.14. The molecular weight excluding hydrogens is 444 g/mol. The Bertz CT molecular complexity index is 1270. The van der Waals surface area contributed by atoms with Crippen LogP contribution in [0, 0.1) is 0 Å². The first-order chi connectivity index (χ1) is 16.1. The first kappa shape index (κ1) is 22.2. The number of ether oxygens (including phenoxy) is 2. The van der Waals surface area contributed by atoms with Crippen LogP contribution in [0.25, 0.3) is 16.9 Å². The number of carbonyl (C=O) groups is 2. The largest absolute Gasteiger partial charge is 0.497 e. The number of methoxy groups -OCH3 is 1. The Balaban J connectivity index is 1.42. The van der Waals surface area contributed by atoms with Crippen LogP contribution in [0.5, 0.6) is 5.75 Å². The van der Waals surface area contributed by atoms with Crippen molar-refractivity contribution in [3.05, 3.63) is 60.4 Å². The summed E-state index contributed by atoms with van der Waals surface area (Å²) in [5.41, 5.74) is 2.81. The number of nitrogens with one attached hydrogen (secondary N) is 1. The summed E-state index contributed by atoms with van der Waals surface area (Å²) < 4.78 is 11.7. The molecular formula is C22H20N6O4S. The van der Waals surface area contributed by atoms with E-state index in [1.165, 1.54) is 18.1 Å². The molecule has 0 radical (unpaired) electrons. The molecule has 0 saturated carbocycles. The van der Waals surface area contributed by atoms with E-state index in [0.717, 1.165) is 11.4 Å². The van der Waals surface area contributed by atoms with E-state index >= 15 is 0 Å². The molecule has 33 heavy (non-hydrogen) atoms. The quantitative estimate of drug-likeness (QED) is 0.238. The second kappa shape index (κ2) is 10.1. The van der Waals surface area contributed by atoms with E-state index in [0.29, 0.717) is 34.0 Å². The molecule has 0 spiro atoms. The van der Waals surface area contributed by atoms with E-state index in [9.17, 15) is 9.59 Å². The predicted molar refractivity (Wildman–Crippen MR) is 123 cm³/mol. The Hall–Kier alpha value is -3.99. The molecule has 10 nitrogen and oxygen atoms in total. The maximum atomic E-state index is 12.4. The molecule has 0 fully saturated rings. The second-order valence-corrected chi connectivity index (χ2v) is 7.65. The highest BCUT2D eigenvalue weighted by Crippen LogP contribution is 2.25. The number of amides is 1. The van der Waals surface area contributed by atoms with Crippen LogP contribution in [0.2, 0.25) is 0 Å². The van der Waals surface area contributed by atoms with Gasteiger partial charge in [0, 0.05) is 5.69 Å². The minimum atomic E-state index is -0.401. The van der Waals surface area contributed by atoms with Crippen LogP contribution >= 0.6 is 11.8 Å². The first-order valence-electron chi connectivity index (χ1n) is 9.99. The van der Waals surface area contributed by atoms with Crippen LogP contribution in [0.15, 0.2) is 59.9 Å². The zero-order valence-corrected chi connectivity index (χ0v) is 18.7. The molecule has 4 aromatic rings. The van der Waals surface area contributed by atoms with Gasteiger partial charge >= 0.3 is 5.97 Å². The highest BCUT2D eigenvalue weighted by Gasteiger charge is 2.15. The molecule has 0 saturated heterocycles. The number of esters is 1.